The van der Waals surface area contributed by atoms with Gasteiger partial charge in [0.05, 0.1) is 18.1 Å². The summed E-state index contributed by atoms with van der Waals surface area (Å²) in [6.07, 6.45) is -2.28. The summed E-state index contributed by atoms with van der Waals surface area (Å²) in [7, 11) is 3.47. The number of hydrogen-bond acceptors (Lipinski definition) is 11. The summed E-state index contributed by atoms with van der Waals surface area (Å²) in [4.78, 5) is 51.2. The normalized spacial score (nSPS) is 28.0. The third-order valence-electron chi connectivity index (χ3n) is 9.01. The van der Waals surface area contributed by atoms with Crippen LogP contribution in [0.15, 0.2) is 24.0 Å². The van der Waals surface area contributed by atoms with Gasteiger partial charge in [-0.15, -0.1) is 0 Å². The minimum Gasteiger partial charge on any atom is -0.493 e. The van der Waals surface area contributed by atoms with Gasteiger partial charge in [-0.1, -0.05) is 6.07 Å². The molecule has 1 aromatic carbocycles. The van der Waals surface area contributed by atoms with Crippen molar-refractivity contribution < 1.29 is 53.4 Å². The van der Waals surface area contributed by atoms with E-state index in [1.165, 1.54) is 21.0 Å². The lowest BCUT2D eigenvalue weighted by molar-refractivity contribution is -0.173. The first-order valence-electron chi connectivity index (χ1n) is 14.3. The molecule has 7 atom stereocenters. The van der Waals surface area contributed by atoms with Gasteiger partial charge in [0.15, 0.2) is 23.7 Å². The summed E-state index contributed by atoms with van der Waals surface area (Å²) >= 11 is 0. The molecule has 4 rings (SSSR count). The van der Waals surface area contributed by atoms with E-state index in [0.29, 0.717) is 24.5 Å². The van der Waals surface area contributed by atoms with Crippen LogP contribution in [0.1, 0.15) is 57.6 Å². The van der Waals surface area contributed by atoms with E-state index >= 15 is 0 Å². The van der Waals surface area contributed by atoms with Crippen molar-refractivity contribution in [2.45, 2.75) is 94.8 Å². The fraction of sp³-hybridized carbons (Fsp3) is 0.600. The van der Waals surface area contributed by atoms with Crippen molar-refractivity contribution in [1.29, 1.82) is 0 Å². The first-order valence-corrected chi connectivity index (χ1v) is 14.3. The number of ether oxygens (including phenoxy) is 4. The number of piperidine rings is 1. The number of aliphatic hydroxyl groups excluding tert-OH is 1. The van der Waals surface area contributed by atoms with Crippen molar-refractivity contribution in [3.05, 3.63) is 35.1 Å². The molecule has 43 heavy (non-hydrogen) atoms. The lowest BCUT2D eigenvalue weighted by atomic mass is 9.54. The maximum Gasteiger partial charge on any atom is 0.352 e. The largest absolute Gasteiger partial charge is 0.493 e. The van der Waals surface area contributed by atoms with Crippen LogP contribution in [0.4, 0.5) is 0 Å². The summed E-state index contributed by atoms with van der Waals surface area (Å²) in [5, 5.41) is 33.1. The Morgan fingerprint density at radius 3 is 2.53 bits per heavy atom. The average molecular weight is 605 g/mol. The second-order valence-corrected chi connectivity index (χ2v) is 11.6. The van der Waals surface area contributed by atoms with Crippen molar-refractivity contribution >= 4 is 23.8 Å². The highest BCUT2D eigenvalue weighted by molar-refractivity contribution is 5.88. The number of esters is 2. The Hall–Kier alpha value is -3.68. The number of benzene rings is 1. The zero-order chi connectivity index (χ0) is 31.9. The second kappa shape index (κ2) is 12.1. The van der Waals surface area contributed by atoms with Crippen LogP contribution in [-0.2, 0) is 34.1 Å². The van der Waals surface area contributed by atoms with E-state index in [2.05, 4.69) is 10.2 Å². The van der Waals surface area contributed by atoms with E-state index in [-0.39, 0.29) is 24.6 Å². The Bertz CT molecular complexity index is 1330. The number of carboxylic acids is 1. The molecule has 0 bridgehead atoms. The number of likely N-dealkylation sites (N-methyl/N-ethyl adjacent to an activating group) is 1. The van der Waals surface area contributed by atoms with Crippen LogP contribution >= 0.6 is 0 Å². The maximum atomic E-state index is 13.3. The molecule has 1 aliphatic carbocycles. The fourth-order valence-corrected chi connectivity index (χ4v) is 6.47. The number of hydrogen-bond donors (Lipinski definition) is 4. The van der Waals surface area contributed by atoms with Gasteiger partial charge >= 0.3 is 17.9 Å². The molecule has 3 aliphatic rings. The number of aryl methyl sites for hydroxylation is 1. The van der Waals surface area contributed by atoms with Crippen molar-refractivity contribution in [2.24, 2.45) is 0 Å². The van der Waals surface area contributed by atoms with E-state index < -0.39 is 65.6 Å². The molecule has 1 amide bonds. The van der Waals surface area contributed by atoms with E-state index in [1.54, 1.807) is 12.1 Å². The molecule has 1 aromatic rings. The van der Waals surface area contributed by atoms with Gasteiger partial charge in [0.1, 0.15) is 17.9 Å². The molecular formula is C30H40N2O11. The zero-order valence-corrected chi connectivity index (χ0v) is 25.2. The number of carbonyl (C=O) groups is 4. The molecule has 236 valence electrons. The molecular weight excluding hydrogens is 564 g/mol. The number of likely N-dealkylation sites (tertiary alicyclic amines) is 1. The van der Waals surface area contributed by atoms with E-state index in [0.717, 1.165) is 11.1 Å². The van der Waals surface area contributed by atoms with Gasteiger partial charge in [-0.05, 0) is 71.8 Å². The Morgan fingerprint density at radius 1 is 1.21 bits per heavy atom. The molecule has 13 heteroatoms. The van der Waals surface area contributed by atoms with Crippen LogP contribution in [0.25, 0.3) is 0 Å². The van der Waals surface area contributed by atoms with Crippen LogP contribution in [0.5, 0.6) is 11.5 Å². The molecule has 13 nitrogen and oxygen atoms in total. The lowest BCUT2D eigenvalue weighted by Crippen LogP contribution is -2.71. The molecule has 0 radical (unpaired) electrons. The monoisotopic (exact) mass is 604 g/mol. The molecule has 2 heterocycles. The first-order chi connectivity index (χ1) is 20.2. The number of nitrogens with zero attached hydrogens (tertiary/aromatic N) is 1. The molecule has 0 aromatic heterocycles. The molecule has 1 saturated heterocycles. The molecule has 1 fully saturated rings. The fourth-order valence-electron chi connectivity index (χ4n) is 6.47. The van der Waals surface area contributed by atoms with Gasteiger partial charge in [-0.3, -0.25) is 9.59 Å². The van der Waals surface area contributed by atoms with Gasteiger partial charge in [0, 0.05) is 24.4 Å². The minimum atomic E-state index is -1.45. The number of methoxy groups -OCH3 is 1. The number of fused-ring (bicyclic) bond motifs is 1. The van der Waals surface area contributed by atoms with Gasteiger partial charge in [-0.25, -0.2) is 9.59 Å². The highest BCUT2D eigenvalue weighted by Gasteiger charge is 2.69. The number of rotatable bonds is 10. The van der Waals surface area contributed by atoms with Crippen LogP contribution < -0.4 is 14.8 Å². The molecule has 1 spiro atoms. The lowest BCUT2D eigenvalue weighted by Gasteiger charge is -2.58. The molecule has 0 unspecified atom stereocenters. The summed E-state index contributed by atoms with van der Waals surface area (Å²) in [5.74, 6) is -2.97. The first kappa shape index (κ1) is 32.2. The number of aliphatic carboxylic acids is 1. The third-order valence-corrected chi connectivity index (χ3v) is 9.01. The summed E-state index contributed by atoms with van der Waals surface area (Å²) < 4.78 is 23.1. The smallest absolute Gasteiger partial charge is 0.352 e. The standard InChI is InChI=1S/C30H40N2O11/c1-15-7-9-20(40-6)24-23(15)29-13-14-32(5)18(4)30(29,39)12-11-21(25(29)43-24)42-27(37)17(3)41-28(38)19(8-10-22(34)35)31-26(36)16(2)33/h7,9,11,16-19,25,33,39H,8,10,12-14H2,1-6H3,(H,31,36)(H,34,35)/t16-,17-,18+,19-,25-,29-,30+/m0/s1. The number of aliphatic hydroxyl groups is 2. The summed E-state index contributed by atoms with van der Waals surface area (Å²) in [5.41, 5.74) is -0.546. The van der Waals surface area contributed by atoms with Gasteiger partial charge in [0.2, 0.25) is 5.91 Å². The summed E-state index contributed by atoms with van der Waals surface area (Å²) in [6, 6.07) is 2.01. The third kappa shape index (κ3) is 5.56. The number of amides is 1. The Kier molecular flexibility index (Phi) is 9.10. The highest BCUT2D eigenvalue weighted by atomic mass is 16.6. The second-order valence-electron chi connectivity index (χ2n) is 11.6. The SMILES string of the molecule is COc1ccc(C)c2c1O[C@H]1C(OC(=O)[C@H](C)OC(=O)[C@H](CCC(=O)O)NC(=O)[C@H](C)O)=CC[C@@]3(O)[C@@H](C)N(C)CC[C@]213. The predicted octanol–water partition coefficient (Wildman–Crippen LogP) is 0.950. The summed E-state index contributed by atoms with van der Waals surface area (Å²) in [6.45, 7) is 7.01. The molecule has 2 aliphatic heterocycles. The highest BCUT2D eigenvalue weighted by Crippen LogP contribution is 2.62. The number of carboxylic acid groups (broad SMARTS) is 1. The maximum absolute atomic E-state index is 13.3. The topological polar surface area (TPSA) is 181 Å². The Balaban J connectivity index is 1.60. The van der Waals surface area contributed by atoms with Crippen molar-refractivity contribution in [3.8, 4) is 11.5 Å². The Labute approximate surface area is 249 Å². The van der Waals surface area contributed by atoms with Crippen LogP contribution in [0, 0.1) is 6.92 Å². The van der Waals surface area contributed by atoms with Gasteiger partial charge in [-0.2, -0.15) is 0 Å². The molecule has 0 saturated carbocycles. The van der Waals surface area contributed by atoms with E-state index in [4.69, 9.17) is 24.1 Å². The zero-order valence-electron chi connectivity index (χ0n) is 25.2. The molecule has 4 N–H and O–H groups in total. The van der Waals surface area contributed by atoms with E-state index in [1.807, 2.05) is 27.0 Å². The van der Waals surface area contributed by atoms with Crippen molar-refractivity contribution in [3.63, 3.8) is 0 Å². The van der Waals surface area contributed by atoms with Crippen LogP contribution in [0.3, 0.4) is 0 Å². The quantitative estimate of drug-likeness (QED) is 0.278. The van der Waals surface area contributed by atoms with Crippen LogP contribution in [-0.4, -0.2) is 101 Å². The van der Waals surface area contributed by atoms with Crippen LogP contribution in [0.2, 0.25) is 0 Å². The Morgan fingerprint density at radius 2 is 1.91 bits per heavy atom. The number of nitrogens with one attached hydrogen (secondary N) is 1. The minimum absolute atomic E-state index is 0.161. The van der Waals surface area contributed by atoms with E-state index in [9.17, 15) is 29.4 Å². The van der Waals surface area contributed by atoms with Gasteiger partial charge in [0.25, 0.3) is 0 Å². The van der Waals surface area contributed by atoms with Crippen molar-refractivity contribution in [2.75, 3.05) is 20.7 Å². The number of carbonyl (C=O) groups excluding carboxylic acids is 3. The van der Waals surface area contributed by atoms with Gasteiger partial charge < -0.3 is 44.5 Å². The van der Waals surface area contributed by atoms with Crippen molar-refractivity contribution in [1.82, 2.24) is 10.2 Å². The predicted molar refractivity (Wildman–Crippen MR) is 150 cm³/mol. The average Bonchev–Trinajstić information content (AvgIpc) is 3.32.